The standard InChI is InChI=1S/C13H16N2O4/c1-9-3-2-6-14(8-9)12-7-10(15(18)19)4-5-11(12)13(16)17/h4-5,7,9H,2-3,6,8H2,1H3,(H,16,17). The number of carboxylic acid groups (broad SMARTS) is 1. The van der Waals surface area contributed by atoms with Crippen molar-refractivity contribution in [3.05, 3.63) is 33.9 Å². The van der Waals surface area contributed by atoms with Crippen molar-refractivity contribution in [1.82, 2.24) is 0 Å². The largest absolute Gasteiger partial charge is 0.478 e. The molecule has 1 atom stereocenters. The van der Waals surface area contributed by atoms with E-state index in [1.807, 2.05) is 4.90 Å². The number of carboxylic acids is 1. The molecule has 2 rings (SSSR count). The number of carbonyl (C=O) groups is 1. The van der Waals surface area contributed by atoms with Gasteiger partial charge in [0.05, 0.1) is 16.2 Å². The van der Waals surface area contributed by atoms with Gasteiger partial charge in [0.25, 0.3) is 5.69 Å². The van der Waals surface area contributed by atoms with Crippen LogP contribution in [0.3, 0.4) is 0 Å². The molecule has 19 heavy (non-hydrogen) atoms. The lowest BCUT2D eigenvalue weighted by atomic mass is 9.98. The third-order valence-corrected chi connectivity index (χ3v) is 3.42. The van der Waals surface area contributed by atoms with E-state index in [0.29, 0.717) is 11.6 Å². The fraction of sp³-hybridized carbons (Fsp3) is 0.462. The third-order valence-electron chi connectivity index (χ3n) is 3.42. The Morgan fingerprint density at radius 1 is 1.53 bits per heavy atom. The maximum atomic E-state index is 11.2. The van der Waals surface area contributed by atoms with Crippen molar-refractivity contribution in [2.45, 2.75) is 19.8 Å². The van der Waals surface area contributed by atoms with Gasteiger partial charge < -0.3 is 10.0 Å². The highest BCUT2D eigenvalue weighted by Crippen LogP contribution is 2.29. The Bertz CT molecular complexity index is 515. The van der Waals surface area contributed by atoms with Crippen LogP contribution in [0.5, 0.6) is 0 Å². The molecule has 0 aliphatic carbocycles. The Balaban J connectivity index is 2.42. The molecule has 1 aliphatic rings. The quantitative estimate of drug-likeness (QED) is 0.670. The summed E-state index contributed by atoms with van der Waals surface area (Å²) in [4.78, 5) is 23.5. The first-order chi connectivity index (χ1) is 8.99. The topological polar surface area (TPSA) is 83.7 Å². The molecule has 1 unspecified atom stereocenters. The summed E-state index contributed by atoms with van der Waals surface area (Å²) in [5, 5.41) is 20.0. The predicted octanol–water partition coefficient (Wildman–Crippen LogP) is 2.53. The van der Waals surface area contributed by atoms with Gasteiger partial charge in [-0.05, 0) is 24.8 Å². The molecule has 0 spiro atoms. The molecule has 1 saturated heterocycles. The molecule has 1 fully saturated rings. The maximum Gasteiger partial charge on any atom is 0.337 e. The minimum absolute atomic E-state index is 0.0711. The summed E-state index contributed by atoms with van der Waals surface area (Å²) in [6.07, 6.45) is 2.08. The SMILES string of the molecule is CC1CCCN(c2cc([N+](=O)[O-])ccc2C(=O)O)C1. The van der Waals surface area contributed by atoms with Crippen LogP contribution >= 0.6 is 0 Å². The second-order valence-electron chi connectivity index (χ2n) is 4.96. The van der Waals surface area contributed by atoms with Gasteiger partial charge in [0.15, 0.2) is 0 Å². The first-order valence-electron chi connectivity index (χ1n) is 6.25. The monoisotopic (exact) mass is 264 g/mol. The predicted molar refractivity (Wildman–Crippen MR) is 70.7 cm³/mol. The van der Waals surface area contributed by atoms with Crippen molar-refractivity contribution in [1.29, 1.82) is 0 Å². The Morgan fingerprint density at radius 3 is 2.84 bits per heavy atom. The third kappa shape index (κ3) is 2.83. The molecule has 1 aromatic carbocycles. The van der Waals surface area contributed by atoms with Crippen LogP contribution < -0.4 is 4.90 Å². The zero-order valence-electron chi connectivity index (χ0n) is 10.7. The number of nitrogens with zero attached hydrogens (tertiary/aromatic N) is 2. The van der Waals surface area contributed by atoms with E-state index in [2.05, 4.69) is 6.92 Å². The molecule has 0 saturated carbocycles. The summed E-state index contributed by atoms with van der Waals surface area (Å²) in [6, 6.07) is 3.91. The van der Waals surface area contributed by atoms with Gasteiger partial charge >= 0.3 is 5.97 Å². The number of nitro groups is 1. The Hall–Kier alpha value is -2.11. The maximum absolute atomic E-state index is 11.2. The van der Waals surface area contributed by atoms with E-state index < -0.39 is 10.9 Å². The van der Waals surface area contributed by atoms with Crippen molar-refractivity contribution in [3.63, 3.8) is 0 Å². The first-order valence-corrected chi connectivity index (χ1v) is 6.25. The van der Waals surface area contributed by atoms with Crippen LogP contribution in [-0.4, -0.2) is 29.1 Å². The summed E-state index contributed by atoms with van der Waals surface area (Å²) < 4.78 is 0. The van der Waals surface area contributed by atoms with E-state index >= 15 is 0 Å². The second-order valence-corrected chi connectivity index (χ2v) is 4.96. The van der Waals surface area contributed by atoms with Crippen LogP contribution in [0.1, 0.15) is 30.1 Å². The molecule has 102 valence electrons. The number of nitro benzene ring substituents is 1. The van der Waals surface area contributed by atoms with Crippen LogP contribution in [0.25, 0.3) is 0 Å². The lowest BCUT2D eigenvalue weighted by molar-refractivity contribution is -0.384. The van der Waals surface area contributed by atoms with E-state index in [1.165, 1.54) is 18.2 Å². The minimum Gasteiger partial charge on any atom is -0.478 e. The number of hydrogen-bond acceptors (Lipinski definition) is 4. The number of rotatable bonds is 3. The molecular formula is C13H16N2O4. The smallest absolute Gasteiger partial charge is 0.337 e. The van der Waals surface area contributed by atoms with Crippen LogP contribution in [0, 0.1) is 16.0 Å². The summed E-state index contributed by atoms with van der Waals surface area (Å²) in [7, 11) is 0. The van der Waals surface area contributed by atoms with Gasteiger partial charge in [0.1, 0.15) is 0 Å². The molecule has 6 nitrogen and oxygen atoms in total. The van der Waals surface area contributed by atoms with Gasteiger partial charge in [-0.2, -0.15) is 0 Å². The fourth-order valence-electron chi connectivity index (χ4n) is 2.48. The number of aromatic carboxylic acids is 1. The minimum atomic E-state index is -1.05. The number of anilines is 1. The van der Waals surface area contributed by atoms with Gasteiger partial charge in [0.2, 0.25) is 0 Å². The van der Waals surface area contributed by atoms with Crippen LogP contribution in [0.2, 0.25) is 0 Å². The molecule has 1 aromatic rings. The Morgan fingerprint density at radius 2 is 2.26 bits per heavy atom. The summed E-state index contributed by atoms with van der Waals surface area (Å²) in [6.45, 7) is 3.58. The highest BCUT2D eigenvalue weighted by molar-refractivity contribution is 5.95. The lowest BCUT2D eigenvalue weighted by Gasteiger charge is -2.33. The van der Waals surface area contributed by atoms with Crippen LogP contribution in [0.15, 0.2) is 18.2 Å². The highest BCUT2D eigenvalue weighted by Gasteiger charge is 2.23. The first kappa shape index (κ1) is 13.3. The molecule has 0 bridgehead atoms. The van der Waals surface area contributed by atoms with E-state index in [1.54, 1.807) is 0 Å². The Kier molecular flexibility index (Phi) is 3.69. The van der Waals surface area contributed by atoms with E-state index in [4.69, 9.17) is 0 Å². The van der Waals surface area contributed by atoms with Gasteiger partial charge in [-0.15, -0.1) is 0 Å². The molecular weight excluding hydrogens is 248 g/mol. The summed E-state index contributed by atoms with van der Waals surface area (Å²) >= 11 is 0. The van der Waals surface area contributed by atoms with E-state index in [0.717, 1.165) is 25.9 Å². The number of piperidine rings is 1. The van der Waals surface area contributed by atoms with Gasteiger partial charge in [-0.3, -0.25) is 10.1 Å². The zero-order valence-corrected chi connectivity index (χ0v) is 10.7. The molecule has 6 heteroatoms. The fourth-order valence-corrected chi connectivity index (χ4v) is 2.48. The van der Waals surface area contributed by atoms with Crippen molar-refractivity contribution < 1.29 is 14.8 Å². The zero-order chi connectivity index (χ0) is 14.0. The number of benzene rings is 1. The second kappa shape index (κ2) is 5.26. The van der Waals surface area contributed by atoms with Crippen molar-refractivity contribution in [3.8, 4) is 0 Å². The molecule has 0 amide bonds. The number of non-ortho nitro benzene ring substituents is 1. The van der Waals surface area contributed by atoms with Crippen molar-refractivity contribution in [2.24, 2.45) is 5.92 Å². The van der Waals surface area contributed by atoms with E-state index in [-0.39, 0.29) is 11.3 Å². The normalized spacial score (nSPS) is 19.2. The molecule has 0 radical (unpaired) electrons. The molecule has 0 aromatic heterocycles. The molecule has 1 N–H and O–H groups in total. The van der Waals surface area contributed by atoms with Crippen LogP contribution in [0.4, 0.5) is 11.4 Å². The molecule has 1 aliphatic heterocycles. The summed E-state index contributed by atoms with van der Waals surface area (Å²) in [5.41, 5.74) is 0.506. The van der Waals surface area contributed by atoms with E-state index in [9.17, 15) is 20.0 Å². The van der Waals surface area contributed by atoms with Crippen LogP contribution in [-0.2, 0) is 0 Å². The average molecular weight is 264 g/mol. The van der Waals surface area contributed by atoms with Gasteiger partial charge in [-0.1, -0.05) is 6.92 Å². The highest BCUT2D eigenvalue weighted by atomic mass is 16.6. The van der Waals surface area contributed by atoms with Crippen molar-refractivity contribution in [2.75, 3.05) is 18.0 Å². The molecule has 1 heterocycles. The summed E-state index contributed by atoms with van der Waals surface area (Å²) in [5.74, 6) is -0.585. The lowest BCUT2D eigenvalue weighted by Crippen LogP contribution is -2.35. The van der Waals surface area contributed by atoms with Gasteiger partial charge in [-0.25, -0.2) is 4.79 Å². The Labute approximate surface area is 110 Å². The van der Waals surface area contributed by atoms with Gasteiger partial charge in [0, 0.05) is 25.2 Å². The van der Waals surface area contributed by atoms with Crippen molar-refractivity contribution >= 4 is 17.3 Å². The number of hydrogen-bond donors (Lipinski definition) is 1. The average Bonchev–Trinajstić information content (AvgIpc) is 2.37.